The zero-order valence-electron chi connectivity index (χ0n) is 12.2. The molecule has 4 rings (SSSR count). The minimum absolute atomic E-state index is 0.0800. The number of amides is 4. The molecule has 0 atom stereocenters. The predicted molar refractivity (Wildman–Crippen MR) is 75.3 cm³/mol. The molecule has 4 amide bonds. The molecule has 11 nitrogen and oxygen atoms in total. The minimum atomic E-state index is -0.326. The van der Waals surface area contributed by atoms with Crippen molar-refractivity contribution >= 4 is 12.1 Å². The van der Waals surface area contributed by atoms with Crippen LogP contribution in [0, 0.1) is 0 Å². The standard InChI is InChI=1S/C12H15N9O2/c22-11-13-3-4-19(11)12(23)18-7-10(8-18)20-5-9(16-17-20)6-21-14-1-2-15-21/h1-2,5,10H,3-4,6-8H2,(H,13,22). The van der Waals surface area contributed by atoms with Crippen LogP contribution in [0.2, 0.25) is 0 Å². The van der Waals surface area contributed by atoms with Crippen LogP contribution in [0.3, 0.4) is 0 Å². The molecule has 0 radical (unpaired) electrons. The molecule has 0 aliphatic carbocycles. The zero-order valence-corrected chi connectivity index (χ0v) is 12.2. The number of imide groups is 1. The summed E-state index contributed by atoms with van der Waals surface area (Å²) in [5.41, 5.74) is 0.755. The van der Waals surface area contributed by atoms with Gasteiger partial charge in [-0.05, 0) is 0 Å². The van der Waals surface area contributed by atoms with Gasteiger partial charge in [0.05, 0.1) is 24.6 Å². The van der Waals surface area contributed by atoms with Gasteiger partial charge in [0.1, 0.15) is 12.2 Å². The predicted octanol–water partition coefficient (Wildman–Crippen LogP) is -1.08. The molecule has 2 aliphatic heterocycles. The van der Waals surface area contributed by atoms with Crippen molar-refractivity contribution in [2.45, 2.75) is 12.6 Å². The summed E-state index contributed by atoms with van der Waals surface area (Å²) in [6, 6.07) is -0.498. The maximum Gasteiger partial charge on any atom is 0.328 e. The van der Waals surface area contributed by atoms with Crippen LogP contribution in [0.4, 0.5) is 9.59 Å². The fourth-order valence-electron chi connectivity index (χ4n) is 2.64. The van der Waals surface area contributed by atoms with E-state index in [1.54, 1.807) is 22.0 Å². The monoisotopic (exact) mass is 317 g/mol. The van der Waals surface area contributed by atoms with E-state index in [4.69, 9.17) is 0 Å². The highest BCUT2D eigenvalue weighted by molar-refractivity contribution is 5.95. The summed E-state index contributed by atoms with van der Waals surface area (Å²) in [7, 11) is 0. The van der Waals surface area contributed by atoms with E-state index in [2.05, 4.69) is 25.8 Å². The zero-order chi connectivity index (χ0) is 15.8. The van der Waals surface area contributed by atoms with Crippen LogP contribution in [0.15, 0.2) is 18.6 Å². The van der Waals surface area contributed by atoms with Gasteiger partial charge in [-0.2, -0.15) is 15.0 Å². The third kappa shape index (κ3) is 2.49. The number of nitrogens with zero attached hydrogens (tertiary/aromatic N) is 8. The smallest absolute Gasteiger partial charge is 0.328 e. The first-order chi connectivity index (χ1) is 11.2. The van der Waals surface area contributed by atoms with E-state index in [0.717, 1.165) is 5.69 Å². The normalized spacial score (nSPS) is 18.2. The fraction of sp³-hybridized carbons (Fsp3) is 0.500. The summed E-state index contributed by atoms with van der Waals surface area (Å²) in [5, 5.41) is 18.8. The van der Waals surface area contributed by atoms with Gasteiger partial charge < -0.3 is 10.2 Å². The Balaban J connectivity index is 1.34. The summed E-state index contributed by atoms with van der Waals surface area (Å²) in [5.74, 6) is 0. The number of nitrogens with one attached hydrogen (secondary N) is 1. The maximum absolute atomic E-state index is 12.2. The van der Waals surface area contributed by atoms with Gasteiger partial charge in [0.2, 0.25) is 0 Å². The van der Waals surface area contributed by atoms with Crippen LogP contribution >= 0.6 is 0 Å². The highest BCUT2D eigenvalue weighted by Crippen LogP contribution is 2.22. The van der Waals surface area contributed by atoms with Gasteiger partial charge in [0.15, 0.2) is 0 Å². The van der Waals surface area contributed by atoms with Gasteiger partial charge in [-0.3, -0.25) is 0 Å². The number of aromatic nitrogens is 6. The number of rotatable bonds is 3. The molecule has 23 heavy (non-hydrogen) atoms. The Hall–Kier alpha value is -2.98. The number of carbonyl (C=O) groups excluding carboxylic acids is 2. The summed E-state index contributed by atoms with van der Waals surface area (Å²) in [4.78, 5) is 28.0. The second-order valence-electron chi connectivity index (χ2n) is 5.47. The Morgan fingerprint density at radius 3 is 2.78 bits per heavy atom. The molecule has 0 aromatic carbocycles. The second kappa shape index (κ2) is 5.34. The van der Waals surface area contributed by atoms with Crippen molar-refractivity contribution in [2.24, 2.45) is 0 Å². The summed E-state index contributed by atoms with van der Waals surface area (Å²) in [6.45, 7) is 2.42. The number of carbonyl (C=O) groups is 2. The van der Waals surface area contributed by atoms with Crippen LogP contribution in [-0.2, 0) is 6.54 Å². The molecular formula is C12H15N9O2. The first kappa shape index (κ1) is 13.7. The van der Waals surface area contributed by atoms with Crippen LogP contribution < -0.4 is 5.32 Å². The lowest BCUT2D eigenvalue weighted by atomic mass is 10.1. The number of urea groups is 2. The highest BCUT2D eigenvalue weighted by atomic mass is 16.2. The maximum atomic E-state index is 12.2. The van der Waals surface area contributed by atoms with Crippen LogP contribution in [-0.4, -0.2) is 78.0 Å². The van der Waals surface area contributed by atoms with Crippen LogP contribution in [0.1, 0.15) is 11.7 Å². The molecule has 0 saturated carbocycles. The average Bonchev–Trinajstić information content (AvgIpc) is 3.20. The van der Waals surface area contributed by atoms with Gasteiger partial charge >= 0.3 is 12.1 Å². The first-order valence-electron chi connectivity index (χ1n) is 7.30. The van der Waals surface area contributed by atoms with E-state index >= 15 is 0 Å². The highest BCUT2D eigenvalue weighted by Gasteiger charge is 2.38. The molecule has 2 aromatic heterocycles. The Bertz CT molecular complexity index is 719. The molecule has 0 unspecified atom stereocenters. The van der Waals surface area contributed by atoms with Crippen molar-refractivity contribution in [1.82, 2.24) is 45.1 Å². The summed E-state index contributed by atoms with van der Waals surface area (Å²) in [6.07, 6.45) is 5.04. The van der Waals surface area contributed by atoms with Crippen molar-refractivity contribution < 1.29 is 9.59 Å². The molecule has 1 N–H and O–H groups in total. The largest absolute Gasteiger partial charge is 0.336 e. The Kier molecular flexibility index (Phi) is 3.17. The molecular weight excluding hydrogens is 302 g/mol. The van der Waals surface area contributed by atoms with E-state index in [1.165, 1.54) is 9.70 Å². The van der Waals surface area contributed by atoms with E-state index in [0.29, 0.717) is 32.7 Å². The van der Waals surface area contributed by atoms with Crippen molar-refractivity contribution in [3.8, 4) is 0 Å². The molecule has 4 heterocycles. The topological polar surface area (TPSA) is 114 Å². The van der Waals surface area contributed by atoms with Gasteiger partial charge in [0, 0.05) is 26.2 Å². The van der Waals surface area contributed by atoms with E-state index in [-0.39, 0.29) is 18.1 Å². The lowest BCUT2D eigenvalue weighted by molar-refractivity contribution is 0.0987. The third-order valence-electron chi connectivity index (χ3n) is 3.92. The molecule has 2 saturated heterocycles. The molecule has 2 aromatic rings. The number of hydrogen-bond donors (Lipinski definition) is 1. The molecule has 11 heteroatoms. The molecule has 0 bridgehead atoms. The van der Waals surface area contributed by atoms with Crippen LogP contribution in [0.25, 0.3) is 0 Å². The van der Waals surface area contributed by atoms with Crippen molar-refractivity contribution in [2.75, 3.05) is 26.2 Å². The van der Waals surface area contributed by atoms with Gasteiger partial charge in [-0.15, -0.1) is 5.10 Å². The van der Waals surface area contributed by atoms with Gasteiger partial charge in [-0.25, -0.2) is 19.2 Å². The molecule has 0 spiro atoms. The Morgan fingerprint density at radius 1 is 1.30 bits per heavy atom. The Labute approximate surface area is 130 Å². The van der Waals surface area contributed by atoms with Crippen molar-refractivity contribution in [3.63, 3.8) is 0 Å². The van der Waals surface area contributed by atoms with Crippen molar-refractivity contribution in [3.05, 3.63) is 24.3 Å². The Morgan fingerprint density at radius 2 is 2.09 bits per heavy atom. The fourth-order valence-corrected chi connectivity index (χ4v) is 2.64. The first-order valence-corrected chi connectivity index (χ1v) is 7.30. The molecule has 120 valence electrons. The average molecular weight is 317 g/mol. The van der Waals surface area contributed by atoms with E-state index in [1.807, 2.05) is 6.20 Å². The SMILES string of the molecule is O=C1NCCN1C(=O)N1CC(n2cc(Cn3nccn3)nn2)C1. The summed E-state index contributed by atoms with van der Waals surface area (Å²) < 4.78 is 1.74. The van der Waals surface area contributed by atoms with Gasteiger partial charge in [-0.1, -0.05) is 5.21 Å². The minimum Gasteiger partial charge on any atom is -0.336 e. The van der Waals surface area contributed by atoms with E-state index in [9.17, 15) is 9.59 Å². The van der Waals surface area contributed by atoms with Gasteiger partial charge in [0.25, 0.3) is 0 Å². The third-order valence-corrected chi connectivity index (χ3v) is 3.92. The lowest BCUT2D eigenvalue weighted by Gasteiger charge is -2.39. The number of hydrogen-bond acceptors (Lipinski definition) is 6. The molecule has 2 aliphatic rings. The van der Waals surface area contributed by atoms with Crippen molar-refractivity contribution in [1.29, 1.82) is 0 Å². The number of likely N-dealkylation sites (tertiary alicyclic amines) is 1. The van der Waals surface area contributed by atoms with E-state index < -0.39 is 0 Å². The summed E-state index contributed by atoms with van der Waals surface area (Å²) >= 11 is 0. The van der Waals surface area contributed by atoms with Crippen LogP contribution in [0.5, 0.6) is 0 Å². The molecule has 2 fully saturated rings. The quantitative estimate of drug-likeness (QED) is 0.770. The second-order valence-corrected chi connectivity index (χ2v) is 5.47. The lowest BCUT2D eigenvalue weighted by Crippen LogP contribution is -2.56.